The van der Waals surface area contributed by atoms with Crippen molar-refractivity contribution in [3.05, 3.63) is 101 Å². The Labute approximate surface area is 321 Å². The van der Waals surface area contributed by atoms with E-state index < -0.39 is 75.4 Å². The molecule has 0 aliphatic heterocycles. The smallest absolute Gasteiger partial charge is 0.420 e. The van der Waals surface area contributed by atoms with E-state index in [4.69, 9.17) is 18.9 Å². The van der Waals surface area contributed by atoms with Gasteiger partial charge in [-0.1, -0.05) is 0 Å². The number of benzene rings is 3. The summed E-state index contributed by atoms with van der Waals surface area (Å²) >= 11 is 3.15. The normalized spacial score (nSPS) is 15.6. The lowest BCUT2D eigenvalue weighted by atomic mass is 9.87. The fraction of sp³-hybridized carbons (Fsp3) is 0.308. The van der Waals surface area contributed by atoms with Crippen LogP contribution < -0.4 is 14.2 Å². The third kappa shape index (κ3) is 7.23. The number of rotatable bonds is 8. The number of carboxylic acid groups (broad SMARTS) is 1. The fourth-order valence-corrected chi connectivity index (χ4v) is 6.96. The molecule has 4 rings (SSSR count). The van der Waals surface area contributed by atoms with Crippen LogP contribution >= 0.6 is 15.9 Å². The topological polar surface area (TPSA) is 183 Å². The predicted octanol–water partition coefficient (Wildman–Crippen LogP) is 7.47. The van der Waals surface area contributed by atoms with E-state index in [-0.39, 0.29) is 71.6 Å². The summed E-state index contributed by atoms with van der Waals surface area (Å²) in [5.41, 5.74) is -4.99. The summed E-state index contributed by atoms with van der Waals surface area (Å²) in [6.07, 6.45) is -3.12. The van der Waals surface area contributed by atoms with Crippen LogP contribution in [0.4, 0.5) is 13.2 Å². The van der Waals surface area contributed by atoms with Gasteiger partial charge >= 0.3 is 30.1 Å². The molecule has 0 fully saturated rings. The van der Waals surface area contributed by atoms with Crippen LogP contribution in [0, 0.1) is 55.4 Å². The summed E-state index contributed by atoms with van der Waals surface area (Å²) in [5, 5.41) is 32.0. The van der Waals surface area contributed by atoms with Crippen LogP contribution in [-0.2, 0) is 20.5 Å². The first-order valence-corrected chi connectivity index (χ1v) is 17.1. The molecule has 0 bridgehead atoms. The van der Waals surface area contributed by atoms with Gasteiger partial charge in [-0.2, -0.15) is 13.2 Å². The first-order chi connectivity index (χ1) is 25.3. The number of phenols is 1. The Hall–Kier alpha value is -5.48. The molecular formula is C39H36BrF3O12. The van der Waals surface area contributed by atoms with Crippen molar-refractivity contribution < 1.29 is 71.4 Å². The standard InChI is InChI=1S/C39H36BrF3O12/c1-14-11-24(16(3)17(4)26(14)35(48)54-32-20(7)18(5)27(34(46)47)22(9)29(32)39(41,42)43)53-36(49)28-19(6)21(8)33(30(40)31(28)45)55-37(50)38(51)15(2)12-23(44)13-25(38)52-10/h11-13,45,51H,1-10H3,(H,46,47)/t38-/m1/s1. The van der Waals surface area contributed by atoms with Crippen LogP contribution in [0.3, 0.4) is 0 Å². The summed E-state index contributed by atoms with van der Waals surface area (Å²) in [6, 6.07) is 1.29. The highest BCUT2D eigenvalue weighted by atomic mass is 79.9. The zero-order chi connectivity index (χ0) is 41.8. The largest absolute Gasteiger partial charge is 0.506 e. The quantitative estimate of drug-likeness (QED) is 0.151. The summed E-state index contributed by atoms with van der Waals surface area (Å²) in [5.74, 6) is -7.87. The van der Waals surface area contributed by atoms with Gasteiger partial charge < -0.3 is 34.3 Å². The molecule has 0 saturated heterocycles. The van der Waals surface area contributed by atoms with Gasteiger partial charge in [-0.3, -0.25) is 4.79 Å². The highest BCUT2D eigenvalue weighted by molar-refractivity contribution is 9.10. The maximum atomic E-state index is 14.3. The number of aliphatic hydroxyl groups is 1. The Balaban J connectivity index is 1.70. The third-order valence-electron chi connectivity index (χ3n) is 9.80. The molecule has 0 saturated carbocycles. The van der Waals surface area contributed by atoms with E-state index in [0.717, 1.165) is 26.2 Å². The summed E-state index contributed by atoms with van der Waals surface area (Å²) in [4.78, 5) is 64.3. The average molecular weight is 834 g/mol. The van der Waals surface area contributed by atoms with Crippen molar-refractivity contribution in [2.75, 3.05) is 7.11 Å². The molecule has 0 radical (unpaired) electrons. The first-order valence-electron chi connectivity index (χ1n) is 16.3. The monoisotopic (exact) mass is 832 g/mol. The number of esters is 3. The Morgan fingerprint density at radius 1 is 0.727 bits per heavy atom. The molecule has 0 amide bonds. The van der Waals surface area contributed by atoms with Crippen molar-refractivity contribution in [1.82, 2.24) is 0 Å². The van der Waals surface area contributed by atoms with Crippen LogP contribution in [0.25, 0.3) is 0 Å². The number of halogens is 4. The lowest BCUT2D eigenvalue weighted by Crippen LogP contribution is -2.47. The zero-order valence-corrected chi connectivity index (χ0v) is 32.8. The molecule has 16 heteroatoms. The second-order valence-corrected chi connectivity index (χ2v) is 13.8. The molecule has 0 aromatic heterocycles. The maximum Gasteiger partial charge on any atom is 0.420 e. The van der Waals surface area contributed by atoms with Crippen LogP contribution in [0.1, 0.15) is 88.1 Å². The molecule has 3 N–H and O–H groups in total. The zero-order valence-electron chi connectivity index (χ0n) is 31.3. The Bertz CT molecular complexity index is 2270. The van der Waals surface area contributed by atoms with Crippen molar-refractivity contribution >= 4 is 45.6 Å². The fourth-order valence-electron chi connectivity index (χ4n) is 6.38. The third-order valence-corrected chi connectivity index (χ3v) is 10.5. The number of aromatic hydroxyl groups is 1. The molecule has 3 aromatic rings. The number of phenolic OH excluding ortho intramolecular Hbond substituents is 1. The minimum atomic E-state index is -5.07. The van der Waals surface area contributed by atoms with E-state index in [2.05, 4.69) is 15.9 Å². The van der Waals surface area contributed by atoms with Gasteiger partial charge in [0.2, 0.25) is 5.60 Å². The molecule has 0 spiro atoms. The number of allylic oxidation sites excluding steroid dienone is 2. The van der Waals surface area contributed by atoms with Crippen molar-refractivity contribution in [2.24, 2.45) is 0 Å². The van der Waals surface area contributed by atoms with Gasteiger partial charge in [0.1, 0.15) is 38.6 Å². The number of carbonyl (C=O) groups is 5. The number of ketones is 1. The number of ether oxygens (including phenoxy) is 4. The van der Waals surface area contributed by atoms with Gasteiger partial charge in [-0.25, -0.2) is 19.2 Å². The van der Waals surface area contributed by atoms with E-state index in [0.29, 0.717) is 0 Å². The predicted molar refractivity (Wildman–Crippen MR) is 193 cm³/mol. The molecule has 3 aromatic carbocycles. The summed E-state index contributed by atoms with van der Waals surface area (Å²) < 4.78 is 64.2. The molecule has 0 unspecified atom stereocenters. The summed E-state index contributed by atoms with van der Waals surface area (Å²) in [6.45, 7) is 12.1. The number of hydrogen-bond donors (Lipinski definition) is 3. The van der Waals surface area contributed by atoms with Gasteiger partial charge in [0.15, 0.2) is 11.5 Å². The van der Waals surface area contributed by atoms with Crippen molar-refractivity contribution in [3.8, 4) is 23.0 Å². The SMILES string of the molecule is COC1=CC(=O)C=C(C)[C@]1(O)C(=O)Oc1c(C)c(C)c(C(=O)Oc2cc(C)c(C(=O)Oc3c(C)c(C)c(C(=O)O)c(C)c3C(F)(F)F)c(C)c2C)c(O)c1Br. The molecule has 1 aliphatic carbocycles. The van der Waals surface area contributed by atoms with Crippen LogP contribution in [0.5, 0.6) is 23.0 Å². The first kappa shape index (κ1) is 42.3. The number of hydrogen-bond acceptors (Lipinski definition) is 11. The van der Waals surface area contributed by atoms with Gasteiger partial charge in [0.05, 0.1) is 18.2 Å². The number of methoxy groups -OCH3 is 1. The minimum absolute atomic E-state index is 0.0110. The number of carbonyl (C=O) groups excluding carboxylic acids is 4. The molecule has 1 atom stereocenters. The molecule has 1 aliphatic rings. The van der Waals surface area contributed by atoms with Gasteiger partial charge in [-0.05, 0) is 140 Å². The number of aryl methyl sites for hydroxylation is 1. The lowest BCUT2D eigenvalue weighted by molar-refractivity contribution is -0.151. The van der Waals surface area contributed by atoms with E-state index >= 15 is 0 Å². The molecule has 0 heterocycles. The number of aromatic carboxylic acids is 1. The second-order valence-electron chi connectivity index (χ2n) is 13.0. The van der Waals surface area contributed by atoms with Crippen molar-refractivity contribution in [1.29, 1.82) is 0 Å². The summed E-state index contributed by atoms with van der Waals surface area (Å²) in [7, 11) is 1.15. The Morgan fingerprint density at radius 2 is 1.25 bits per heavy atom. The Morgan fingerprint density at radius 3 is 1.80 bits per heavy atom. The van der Waals surface area contributed by atoms with Crippen LogP contribution in [0.15, 0.2) is 34.0 Å². The highest BCUT2D eigenvalue weighted by Gasteiger charge is 2.48. The molecule has 55 heavy (non-hydrogen) atoms. The van der Waals surface area contributed by atoms with E-state index in [1.807, 2.05) is 0 Å². The molecule has 12 nitrogen and oxygen atoms in total. The van der Waals surface area contributed by atoms with E-state index in [1.165, 1.54) is 61.5 Å². The lowest BCUT2D eigenvalue weighted by Gasteiger charge is -2.30. The minimum Gasteiger partial charge on any atom is -0.506 e. The Kier molecular flexibility index (Phi) is 11.5. The van der Waals surface area contributed by atoms with Crippen molar-refractivity contribution in [2.45, 2.75) is 74.1 Å². The van der Waals surface area contributed by atoms with Crippen LogP contribution in [0.2, 0.25) is 0 Å². The van der Waals surface area contributed by atoms with Crippen molar-refractivity contribution in [3.63, 3.8) is 0 Å². The number of carboxylic acids is 1. The van der Waals surface area contributed by atoms with Gasteiger partial charge in [-0.15, -0.1) is 0 Å². The second kappa shape index (κ2) is 15.0. The van der Waals surface area contributed by atoms with E-state index in [9.17, 15) is 52.5 Å². The molecule has 292 valence electrons. The maximum absolute atomic E-state index is 14.3. The highest BCUT2D eigenvalue weighted by Crippen LogP contribution is 2.46. The van der Waals surface area contributed by atoms with Gasteiger partial charge in [0.25, 0.3) is 0 Å². The van der Waals surface area contributed by atoms with E-state index in [1.54, 1.807) is 0 Å². The van der Waals surface area contributed by atoms with Gasteiger partial charge in [0, 0.05) is 6.08 Å². The van der Waals surface area contributed by atoms with Crippen LogP contribution in [-0.4, -0.2) is 57.7 Å². The number of alkyl halides is 3. The molecular weight excluding hydrogens is 797 g/mol. The average Bonchev–Trinajstić information content (AvgIpc) is 3.07.